The summed E-state index contributed by atoms with van der Waals surface area (Å²) in [4.78, 5) is 0. The van der Waals surface area contributed by atoms with Gasteiger partial charge in [-0.3, -0.25) is 0 Å². The fourth-order valence-electron chi connectivity index (χ4n) is 2.18. The van der Waals surface area contributed by atoms with Gasteiger partial charge in [0.1, 0.15) is 0 Å². The van der Waals surface area contributed by atoms with Crippen LogP contribution in [0.5, 0.6) is 0 Å². The quantitative estimate of drug-likeness (QED) is 0.673. The van der Waals surface area contributed by atoms with Crippen LogP contribution in [0.25, 0.3) is 0 Å². The topological polar surface area (TPSA) is 0 Å². The Morgan fingerprint density at radius 3 is 2.33 bits per heavy atom. The predicted octanol–water partition coefficient (Wildman–Crippen LogP) is 4.87. The smallest absolute Gasteiger partial charge is 0.194 e. The fourth-order valence-corrected chi connectivity index (χ4v) is 2.18. The highest BCUT2D eigenvalue weighted by atomic mass is 19.2. The van der Waals surface area contributed by atoms with Crippen LogP contribution in [0.4, 0.5) is 13.2 Å². The predicted molar refractivity (Wildman–Crippen MR) is 65.8 cm³/mol. The van der Waals surface area contributed by atoms with Gasteiger partial charge in [0, 0.05) is 5.92 Å². The van der Waals surface area contributed by atoms with E-state index in [0.29, 0.717) is 12.0 Å². The lowest BCUT2D eigenvalue weighted by Crippen LogP contribution is -2.02. The summed E-state index contributed by atoms with van der Waals surface area (Å²) in [6.45, 7) is 2.10. The number of hydrogen-bond donors (Lipinski definition) is 0. The molecular weight excluding hydrogens is 237 g/mol. The lowest BCUT2D eigenvalue weighted by atomic mass is 9.89. The van der Waals surface area contributed by atoms with Crippen molar-refractivity contribution >= 4 is 0 Å². The highest BCUT2D eigenvalue weighted by Crippen LogP contribution is 2.29. The minimum absolute atomic E-state index is 0.0739. The zero-order valence-electron chi connectivity index (χ0n) is 10.2. The zero-order valence-corrected chi connectivity index (χ0v) is 10.2. The van der Waals surface area contributed by atoms with Crippen LogP contribution in [0.3, 0.4) is 0 Å². The number of halogens is 3. The van der Waals surface area contributed by atoms with Crippen molar-refractivity contribution in [2.75, 3.05) is 0 Å². The van der Waals surface area contributed by atoms with Gasteiger partial charge in [-0.1, -0.05) is 37.1 Å². The Hall–Kier alpha value is -1.51. The minimum atomic E-state index is -1.40. The zero-order chi connectivity index (χ0) is 13.1. The van der Waals surface area contributed by atoms with E-state index in [4.69, 9.17) is 0 Å². The van der Waals surface area contributed by atoms with E-state index < -0.39 is 17.5 Å². The van der Waals surface area contributed by atoms with Crippen LogP contribution in [-0.2, 0) is 0 Å². The monoisotopic (exact) mass is 252 g/mol. The molecule has 0 spiro atoms. The summed E-state index contributed by atoms with van der Waals surface area (Å²) in [5.74, 6) is -3.72. The first kappa shape index (κ1) is 12.9. The summed E-state index contributed by atoms with van der Waals surface area (Å²) >= 11 is 0. The first-order valence-electron chi connectivity index (χ1n) is 6.13. The van der Waals surface area contributed by atoms with Gasteiger partial charge >= 0.3 is 0 Å². The molecule has 1 unspecified atom stereocenters. The fraction of sp³-hybridized carbons (Fsp3) is 0.333. The number of allylic oxidation sites excluding steroid dienone is 4. The van der Waals surface area contributed by atoms with Crippen LogP contribution in [0.1, 0.15) is 37.7 Å². The average molecular weight is 252 g/mol. The third-order valence-electron chi connectivity index (χ3n) is 3.15. The van der Waals surface area contributed by atoms with Crippen molar-refractivity contribution in [1.82, 2.24) is 0 Å². The molecule has 1 aromatic rings. The molecule has 0 heterocycles. The van der Waals surface area contributed by atoms with Crippen molar-refractivity contribution < 1.29 is 13.2 Å². The molecule has 96 valence electrons. The van der Waals surface area contributed by atoms with Crippen LogP contribution in [0, 0.1) is 17.5 Å². The molecule has 0 radical (unpaired) electrons. The van der Waals surface area contributed by atoms with E-state index in [1.807, 2.05) is 12.2 Å². The molecule has 0 N–H and O–H groups in total. The summed E-state index contributed by atoms with van der Waals surface area (Å²) in [6, 6.07) is 2.15. The molecule has 0 aromatic heterocycles. The summed E-state index contributed by atoms with van der Waals surface area (Å²) in [5, 5.41) is 0. The van der Waals surface area contributed by atoms with Crippen molar-refractivity contribution in [2.24, 2.45) is 0 Å². The number of benzene rings is 1. The first-order valence-corrected chi connectivity index (χ1v) is 6.13. The number of rotatable bonds is 3. The molecule has 18 heavy (non-hydrogen) atoms. The van der Waals surface area contributed by atoms with Gasteiger partial charge in [0.2, 0.25) is 0 Å². The van der Waals surface area contributed by atoms with Crippen molar-refractivity contribution in [1.29, 1.82) is 0 Å². The summed E-state index contributed by atoms with van der Waals surface area (Å²) < 4.78 is 39.1. The summed E-state index contributed by atoms with van der Waals surface area (Å²) in [7, 11) is 0. The van der Waals surface area contributed by atoms with Crippen molar-refractivity contribution in [2.45, 2.75) is 32.1 Å². The maximum atomic E-state index is 13.1. The summed E-state index contributed by atoms with van der Waals surface area (Å²) in [5.41, 5.74) is 1.73. The van der Waals surface area contributed by atoms with Gasteiger partial charge in [0.05, 0.1) is 0 Å². The van der Waals surface area contributed by atoms with Crippen LogP contribution >= 0.6 is 0 Å². The van der Waals surface area contributed by atoms with E-state index in [-0.39, 0.29) is 5.92 Å². The van der Waals surface area contributed by atoms with Gasteiger partial charge in [-0.25, -0.2) is 13.2 Å². The molecule has 1 atom stereocenters. The van der Waals surface area contributed by atoms with Crippen molar-refractivity contribution in [3.63, 3.8) is 0 Å². The molecule has 1 aromatic carbocycles. The molecule has 3 heteroatoms. The maximum Gasteiger partial charge on any atom is 0.194 e. The second kappa shape index (κ2) is 5.42. The Morgan fingerprint density at radius 1 is 1.17 bits per heavy atom. The van der Waals surface area contributed by atoms with Crippen LogP contribution in [-0.4, -0.2) is 0 Å². The summed E-state index contributed by atoms with van der Waals surface area (Å²) in [6.07, 6.45) is 8.77. The highest BCUT2D eigenvalue weighted by Gasteiger charge is 2.16. The van der Waals surface area contributed by atoms with Gasteiger partial charge in [0.25, 0.3) is 0 Å². The molecular formula is C15H15F3. The molecule has 1 aliphatic carbocycles. The molecule has 2 rings (SSSR count). The lowest BCUT2D eigenvalue weighted by Gasteiger charge is -2.17. The van der Waals surface area contributed by atoms with Gasteiger partial charge in [-0.2, -0.15) is 0 Å². The van der Waals surface area contributed by atoms with E-state index >= 15 is 0 Å². The molecule has 0 saturated carbocycles. The molecule has 0 fully saturated rings. The molecule has 0 saturated heterocycles. The Morgan fingerprint density at radius 2 is 1.83 bits per heavy atom. The van der Waals surface area contributed by atoms with E-state index in [9.17, 15) is 13.2 Å². The minimum Gasteiger partial charge on any atom is -0.204 e. The third-order valence-corrected chi connectivity index (χ3v) is 3.15. The first-order chi connectivity index (χ1) is 8.61. The average Bonchev–Trinajstić information content (AvgIpc) is 2.37. The van der Waals surface area contributed by atoms with Crippen molar-refractivity contribution in [3.8, 4) is 0 Å². The molecule has 0 nitrogen and oxygen atoms in total. The Kier molecular flexibility index (Phi) is 3.90. The highest BCUT2D eigenvalue weighted by molar-refractivity contribution is 5.33. The molecule has 0 aliphatic heterocycles. The third kappa shape index (κ3) is 2.66. The SMILES string of the molecule is CCCC1=CCC(c2cc(F)c(F)c(F)c2)C=C1. The van der Waals surface area contributed by atoms with Crippen molar-refractivity contribution in [3.05, 3.63) is 58.9 Å². The Bertz CT molecular complexity index is 477. The largest absolute Gasteiger partial charge is 0.204 e. The second-order valence-corrected chi connectivity index (χ2v) is 4.53. The molecule has 0 amide bonds. The maximum absolute atomic E-state index is 13.1. The van der Waals surface area contributed by atoms with E-state index in [2.05, 4.69) is 13.0 Å². The Labute approximate surface area is 105 Å². The van der Waals surface area contributed by atoms with E-state index in [0.717, 1.165) is 25.0 Å². The van der Waals surface area contributed by atoms with Gasteiger partial charge in [0.15, 0.2) is 17.5 Å². The normalized spacial score (nSPS) is 18.9. The van der Waals surface area contributed by atoms with Crippen LogP contribution in [0.15, 0.2) is 35.9 Å². The van der Waals surface area contributed by atoms with Crippen LogP contribution < -0.4 is 0 Å². The van der Waals surface area contributed by atoms with E-state index in [1.165, 1.54) is 5.57 Å². The van der Waals surface area contributed by atoms with Gasteiger partial charge in [-0.15, -0.1) is 0 Å². The Balaban J connectivity index is 2.18. The standard InChI is InChI=1S/C15H15F3/c1-2-3-10-4-6-11(7-5-10)12-8-13(16)15(18)14(17)9-12/h4-6,8-9,11H,2-3,7H2,1H3. The van der Waals surface area contributed by atoms with Crippen LogP contribution in [0.2, 0.25) is 0 Å². The molecule has 0 bridgehead atoms. The second-order valence-electron chi connectivity index (χ2n) is 4.53. The van der Waals surface area contributed by atoms with Gasteiger partial charge in [-0.05, 0) is 30.5 Å². The van der Waals surface area contributed by atoms with E-state index in [1.54, 1.807) is 0 Å². The molecule has 1 aliphatic rings. The van der Waals surface area contributed by atoms with Gasteiger partial charge < -0.3 is 0 Å². The number of hydrogen-bond acceptors (Lipinski definition) is 0. The lowest BCUT2D eigenvalue weighted by molar-refractivity contribution is 0.444.